The molecule has 1 aliphatic rings. The zero-order chi connectivity index (χ0) is 14.0. The first-order chi connectivity index (χ1) is 8.93. The second kappa shape index (κ2) is 5.70. The fourth-order valence-electron chi connectivity index (χ4n) is 3.01. The first kappa shape index (κ1) is 14.6. The van der Waals surface area contributed by atoms with E-state index in [-0.39, 0.29) is 0 Å². The van der Waals surface area contributed by atoms with Crippen molar-refractivity contribution in [2.24, 2.45) is 5.41 Å². The monoisotopic (exact) mass is 280 g/mol. The Labute approximate surface area is 122 Å². The molecule has 0 atom stereocenters. The maximum absolute atomic E-state index is 5.86. The summed E-state index contributed by atoms with van der Waals surface area (Å²) in [5.74, 6) is 1.65. The molecule has 0 aromatic carbocycles. The van der Waals surface area contributed by atoms with Crippen molar-refractivity contribution in [2.45, 2.75) is 58.4 Å². The van der Waals surface area contributed by atoms with E-state index in [1.54, 1.807) is 0 Å². The molecule has 106 valence electrons. The highest BCUT2D eigenvalue weighted by Gasteiger charge is 2.29. The van der Waals surface area contributed by atoms with E-state index in [1.165, 1.54) is 31.2 Å². The molecule has 1 aromatic rings. The second-order valence-electron chi connectivity index (χ2n) is 6.62. The van der Waals surface area contributed by atoms with Crippen LogP contribution in [0.1, 0.15) is 50.7 Å². The second-order valence-corrected chi connectivity index (χ2v) is 6.89. The Balaban J connectivity index is 2.10. The van der Waals surface area contributed by atoms with E-state index in [1.807, 2.05) is 6.20 Å². The van der Waals surface area contributed by atoms with Crippen LogP contribution in [-0.2, 0) is 5.88 Å². The van der Waals surface area contributed by atoms with Gasteiger partial charge in [-0.15, -0.1) is 11.6 Å². The van der Waals surface area contributed by atoms with Crippen molar-refractivity contribution in [3.63, 3.8) is 0 Å². The molecule has 3 heteroatoms. The average molecular weight is 281 g/mol. The van der Waals surface area contributed by atoms with Crippen LogP contribution in [0.3, 0.4) is 0 Å². The van der Waals surface area contributed by atoms with Gasteiger partial charge in [-0.1, -0.05) is 13.8 Å². The Morgan fingerprint density at radius 3 is 2.53 bits per heavy atom. The highest BCUT2D eigenvalue weighted by Crippen LogP contribution is 2.37. The van der Waals surface area contributed by atoms with Gasteiger partial charge >= 0.3 is 0 Å². The van der Waals surface area contributed by atoms with Gasteiger partial charge in [-0.3, -0.25) is 0 Å². The minimum Gasteiger partial charge on any atom is -0.356 e. The normalized spacial score (nSPS) is 19.4. The van der Waals surface area contributed by atoms with E-state index in [2.05, 4.69) is 43.8 Å². The van der Waals surface area contributed by atoms with Crippen molar-refractivity contribution in [3.8, 4) is 0 Å². The molecule has 0 spiro atoms. The summed E-state index contributed by atoms with van der Waals surface area (Å²) in [5.41, 5.74) is 2.84. The molecule has 1 fully saturated rings. The molecule has 0 bridgehead atoms. The van der Waals surface area contributed by atoms with E-state index in [4.69, 9.17) is 11.6 Å². The van der Waals surface area contributed by atoms with Gasteiger partial charge in [0.2, 0.25) is 0 Å². The SMILES string of the molecule is Cc1cc(CCl)cnc1N(C)C1CCC(C)(C)CC1. The Bertz CT molecular complexity index is 432. The third kappa shape index (κ3) is 3.42. The Hall–Kier alpha value is -0.760. The van der Waals surface area contributed by atoms with Crippen molar-refractivity contribution in [1.82, 2.24) is 4.98 Å². The molecule has 2 rings (SSSR count). The number of hydrogen-bond acceptors (Lipinski definition) is 2. The van der Waals surface area contributed by atoms with Gasteiger partial charge in [-0.25, -0.2) is 4.98 Å². The lowest BCUT2D eigenvalue weighted by atomic mass is 9.75. The molecule has 1 heterocycles. The topological polar surface area (TPSA) is 16.1 Å². The first-order valence-electron chi connectivity index (χ1n) is 7.17. The van der Waals surface area contributed by atoms with Crippen molar-refractivity contribution in [2.75, 3.05) is 11.9 Å². The number of hydrogen-bond donors (Lipinski definition) is 0. The molecule has 1 saturated carbocycles. The van der Waals surface area contributed by atoms with E-state index in [9.17, 15) is 0 Å². The number of anilines is 1. The minimum absolute atomic E-state index is 0.516. The van der Waals surface area contributed by atoms with Crippen molar-refractivity contribution < 1.29 is 0 Å². The summed E-state index contributed by atoms with van der Waals surface area (Å²) in [7, 11) is 2.18. The average Bonchev–Trinajstić information content (AvgIpc) is 2.37. The van der Waals surface area contributed by atoms with Crippen LogP contribution >= 0.6 is 11.6 Å². The molecule has 0 aliphatic heterocycles. The van der Waals surface area contributed by atoms with Crippen LogP contribution < -0.4 is 4.90 Å². The third-order valence-electron chi connectivity index (χ3n) is 4.45. The molecule has 2 nitrogen and oxygen atoms in total. The summed E-state index contributed by atoms with van der Waals surface area (Å²) in [6.07, 6.45) is 7.05. The van der Waals surface area contributed by atoms with Crippen LogP contribution in [0.5, 0.6) is 0 Å². The van der Waals surface area contributed by atoms with Gasteiger partial charge in [0.1, 0.15) is 5.82 Å². The summed E-state index contributed by atoms with van der Waals surface area (Å²) < 4.78 is 0. The smallest absolute Gasteiger partial charge is 0.131 e. The van der Waals surface area contributed by atoms with E-state index in [0.717, 1.165) is 11.4 Å². The number of alkyl halides is 1. The van der Waals surface area contributed by atoms with Gasteiger partial charge in [0.05, 0.1) is 0 Å². The Morgan fingerprint density at radius 1 is 1.37 bits per heavy atom. The molecular weight excluding hydrogens is 256 g/mol. The van der Waals surface area contributed by atoms with Gasteiger partial charge in [-0.2, -0.15) is 0 Å². The number of nitrogens with zero attached hydrogens (tertiary/aromatic N) is 2. The van der Waals surface area contributed by atoms with Crippen molar-refractivity contribution >= 4 is 17.4 Å². The van der Waals surface area contributed by atoms with Crippen LogP contribution in [-0.4, -0.2) is 18.1 Å². The predicted molar refractivity (Wildman–Crippen MR) is 83.0 cm³/mol. The molecule has 0 radical (unpaired) electrons. The quantitative estimate of drug-likeness (QED) is 0.756. The van der Waals surface area contributed by atoms with E-state index < -0.39 is 0 Å². The lowest BCUT2D eigenvalue weighted by molar-refractivity contribution is 0.222. The van der Waals surface area contributed by atoms with Crippen LogP contribution in [0.2, 0.25) is 0 Å². The molecular formula is C16H25ClN2. The summed E-state index contributed by atoms with van der Waals surface area (Å²) in [4.78, 5) is 6.97. The van der Waals surface area contributed by atoms with Gasteiger partial charge in [0, 0.05) is 25.2 Å². The maximum Gasteiger partial charge on any atom is 0.131 e. The van der Waals surface area contributed by atoms with Crippen LogP contribution in [0.4, 0.5) is 5.82 Å². The molecule has 0 amide bonds. The summed E-state index contributed by atoms with van der Waals surface area (Å²) in [6.45, 7) is 6.88. The van der Waals surface area contributed by atoms with E-state index in [0.29, 0.717) is 17.3 Å². The largest absolute Gasteiger partial charge is 0.356 e. The fraction of sp³-hybridized carbons (Fsp3) is 0.688. The minimum atomic E-state index is 0.516. The van der Waals surface area contributed by atoms with Gasteiger partial charge < -0.3 is 4.90 Å². The molecule has 0 saturated heterocycles. The van der Waals surface area contributed by atoms with Crippen molar-refractivity contribution in [1.29, 1.82) is 0 Å². The molecule has 1 aromatic heterocycles. The summed E-state index contributed by atoms with van der Waals surface area (Å²) in [6, 6.07) is 2.78. The predicted octanol–water partition coefficient (Wildman–Crippen LogP) is 4.53. The van der Waals surface area contributed by atoms with Crippen molar-refractivity contribution in [3.05, 3.63) is 23.4 Å². The molecule has 19 heavy (non-hydrogen) atoms. The zero-order valence-corrected chi connectivity index (χ0v) is 13.3. The summed E-state index contributed by atoms with van der Waals surface area (Å²) >= 11 is 5.86. The third-order valence-corrected chi connectivity index (χ3v) is 4.76. The number of aromatic nitrogens is 1. The number of rotatable bonds is 3. The molecule has 0 unspecified atom stereocenters. The highest BCUT2D eigenvalue weighted by molar-refractivity contribution is 6.17. The van der Waals surface area contributed by atoms with Gasteiger partial charge in [-0.05, 0) is 55.2 Å². The zero-order valence-electron chi connectivity index (χ0n) is 12.5. The van der Waals surface area contributed by atoms with Gasteiger partial charge in [0.25, 0.3) is 0 Å². The highest BCUT2D eigenvalue weighted by atomic mass is 35.5. The number of halogens is 1. The summed E-state index contributed by atoms with van der Waals surface area (Å²) in [5, 5.41) is 0. The molecule has 0 N–H and O–H groups in total. The fourth-order valence-corrected chi connectivity index (χ4v) is 3.16. The lowest BCUT2D eigenvalue weighted by Crippen LogP contribution is -2.38. The molecule has 1 aliphatic carbocycles. The van der Waals surface area contributed by atoms with Crippen LogP contribution in [0.25, 0.3) is 0 Å². The number of pyridine rings is 1. The van der Waals surface area contributed by atoms with Crippen LogP contribution in [0.15, 0.2) is 12.3 Å². The van der Waals surface area contributed by atoms with E-state index >= 15 is 0 Å². The number of aryl methyl sites for hydroxylation is 1. The Morgan fingerprint density at radius 2 is 2.00 bits per heavy atom. The Kier molecular flexibility index (Phi) is 4.39. The lowest BCUT2D eigenvalue weighted by Gasteiger charge is -2.39. The first-order valence-corrected chi connectivity index (χ1v) is 7.71. The maximum atomic E-state index is 5.86. The standard InChI is InChI=1S/C16H25ClN2/c1-12-9-13(10-17)11-18-15(12)19(4)14-5-7-16(2,3)8-6-14/h9,11,14H,5-8,10H2,1-4H3. The van der Waals surface area contributed by atoms with Gasteiger partial charge in [0.15, 0.2) is 0 Å². The van der Waals surface area contributed by atoms with Crippen LogP contribution in [0, 0.1) is 12.3 Å².